The molecule has 1 aromatic carbocycles. The topological polar surface area (TPSA) is 110 Å². The highest BCUT2D eigenvalue weighted by atomic mass is 16.5. The second-order valence-electron chi connectivity index (χ2n) is 7.61. The molecule has 0 radical (unpaired) electrons. The molecule has 0 bridgehead atoms. The molecule has 1 unspecified atom stereocenters. The molecule has 30 heavy (non-hydrogen) atoms. The Morgan fingerprint density at radius 3 is 2.63 bits per heavy atom. The Hall–Kier alpha value is -3.03. The van der Waals surface area contributed by atoms with Crippen LogP contribution in [0.15, 0.2) is 33.9 Å². The van der Waals surface area contributed by atoms with Crippen molar-refractivity contribution in [1.82, 2.24) is 9.55 Å². The van der Waals surface area contributed by atoms with E-state index in [1.165, 1.54) is 9.47 Å². The summed E-state index contributed by atoms with van der Waals surface area (Å²) in [5.74, 6) is 0.386. The number of aromatic nitrogens is 2. The fraction of sp³-hybridized carbons (Fsp3) is 0.500. The van der Waals surface area contributed by atoms with Gasteiger partial charge < -0.3 is 15.4 Å². The number of nitrogens with one attached hydrogen (secondary N) is 1. The monoisotopic (exact) mass is 414 g/mol. The van der Waals surface area contributed by atoms with E-state index in [4.69, 9.17) is 10.5 Å². The van der Waals surface area contributed by atoms with E-state index in [0.717, 1.165) is 37.7 Å². The van der Waals surface area contributed by atoms with E-state index >= 15 is 0 Å². The van der Waals surface area contributed by atoms with Crippen molar-refractivity contribution >= 4 is 17.4 Å². The van der Waals surface area contributed by atoms with Crippen molar-refractivity contribution < 1.29 is 9.53 Å². The van der Waals surface area contributed by atoms with Crippen molar-refractivity contribution in [3.8, 4) is 5.75 Å². The second-order valence-corrected chi connectivity index (χ2v) is 7.61. The Kier molecular flexibility index (Phi) is 6.97. The van der Waals surface area contributed by atoms with Crippen molar-refractivity contribution in [3.63, 3.8) is 0 Å². The molecule has 1 aromatic heterocycles. The highest BCUT2D eigenvalue weighted by Gasteiger charge is 2.35. The van der Waals surface area contributed by atoms with E-state index in [9.17, 15) is 14.4 Å². The summed E-state index contributed by atoms with van der Waals surface area (Å²) in [5.41, 5.74) is 6.05. The van der Waals surface area contributed by atoms with E-state index < -0.39 is 17.4 Å². The largest absolute Gasteiger partial charge is 0.480 e. The fourth-order valence-corrected chi connectivity index (χ4v) is 3.72. The Bertz CT molecular complexity index is 986. The SMILES string of the molecule is CCCCCN(C(=O)C1Cc2ccccc2O1)c1c(N)n(CCCC)c(=O)[nH]c1=O. The zero-order valence-corrected chi connectivity index (χ0v) is 17.6. The number of anilines is 2. The van der Waals surface area contributed by atoms with E-state index in [1.54, 1.807) is 0 Å². The van der Waals surface area contributed by atoms with E-state index in [2.05, 4.69) is 11.9 Å². The van der Waals surface area contributed by atoms with Crippen LogP contribution in [-0.4, -0.2) is 28.1 Å². The van der Waals surface area contributed by atoms with Crippen LogP contribution in [-0.2, 0) is 17.8 Å². The zero-order valence-electron chi connectivity index (χ0n) is 17.6. The van der Waals surface area contributed by atoms with Crippen LogP contribution < -0.4 is 26.6 Å². The van der Waals surface area contributed by atoms with Gasteiger partial charge in [0.25, 0.3) is 11.5 Å². The van der Waals surface area contributed by atoms with Crippen LogP contribution in [0.3, 0.4) is 0 Å². The molecule has 0 saturated heterocycles. The van der Waals surface area contributed by atoms with Crippen LogP contribution in [0.4, 0.5) is 11.5 Å². The Labute approximate surface area is 175 Å². The summed E-state index contributed by atoms with van der Waals surface area (Å²) in [6, 6.07) is 7.52. The van der Waals surface area contributed by atoms with Gasteiger partial charge in [-0.3, -0.25) is 19.1 Å². The summed E-state index contributed by atoms with van der Waals surface area (Å²) in [5, 5.41) is 0. The van der Waals surface area contributed by atoms with Gasteiger partial charge in [0.1, 0.15) is 11.6 Å². The molecule has 0 aliphatic carbocycles. The lowest BCUT2D eigenvalue weighted by molar-refractivity contribution is -0.124. The van der Waals surface area contributed by atoms with Crippen LogP contribution in [0.25, 0.3) is 0 Å². The number of aromatic amines is 1. The summed E-state index contributed by atoms with van der Waals surface area (Å²) >= 11 is 0. The van der Waals surface area contributed by atoms with Crippen LogP contribution >= 0.6 is 0 Å². The molecule has 0 fully saturated rings. The molecule has 1 amide bonds. The van der Waals surface area contributed by atoms with Gasteiger partial charge in [0.05, 0.1) is 0 Å². The van der Waals surface area contributed by atoms with E-state index in [0.29, 0.717) is 25.3 Å². The molecule has 2 heterocycles. The smallest absolute Gasteiger partial charge is 0.330 e. The van der Waals surface area contributed by atoms with Crippen molar-refractivity contribution in [3.05, 3.63) is 50.7 Å². The number of unbranched alkanes of at least 4 members (excludes halogenated alkanes) is 3. The number of amides is 1. The van der Waals surface area contributed by atoms with Crippen molar-refractivity contribution in [2.75, 3.05) is 17.2 Å². The average molecular weight is 415 g/mol. The number of nitrogens with two attached hydrogens (primary N) is 1. The third-order valence-corrected chi connectivity index (χ3v) is 5.39. The second kappa shape index (κ2) is 9.65. The number of para-hydroxylation sites is 1. The standard InChI is InChI=1S/C22H30N4O4/c1-3-5-9-13-25(21(28)17-14-15-10-7-8-11-16(15)30-17)18-19(23)26(12-6-4-2)22(29)24-20(18)27/h7-8,10-11,17H,3-6,9,12-14,23H2,1-2H3,(H,24,27,29). The first-order valence-corrected chi connectivity index (χ1v) is 10.7. The molecule has 3 N–H and O–H groups in total. The third kappa shape index (κ3) is 4.42. The number of fused-ring (bicyclic) bond motifs is 1. The van der Waals surface area contributed by atoms with Gasteiger partial charge in [0.2, 0.25) is 0 Å². The molecule has 0 saturated carbocycles. The summed E-state index contributed by atoms with van der Waals surface area (Å²) < 4.78 is 7.20. The van der Waals surface area contributed by atoms with Gasteiger partial charge in [-0.2, -0.15) is 0 Å². The minimum absolute atomic E-state index is 0.0255. The minimum atomic E-state index is -0.723. The maximum Gasteiger partial charge on any atom is 0.330 e. The number of benzene rings is 1. The van der Waals surface area contributed by atoms with Gasteiger partial charge in [0.15, 0.2) is 11.8 Å². The maximum atomic E-state index is 13.4. The Morgan fingerprint density at radius 2 is 1.93 bits per heavy atom. The molecule has 8 heteroatoms. The van der Waals surface area contributed by atoms with Crippen LogP contribution in [0.2, 0.25) is 0 Å². The number of nitrogen functional groups attached to an aromatic ring is 1. The summed E-state index contributed by atoms with van der Waals surface area (Å²) in [6.45, 7) is 4.79. The predicted molar refractivity (Wildman–Crippen MR) is 117 cm³/mol. The molecule has 3 rings (SSSR count). The van der Waals surface area contributed by atoms with Crippen LogP contribution in [0.1, 0.15) is 51.5 Å². The van der Waals surface area contributed by atoms with Gasteiger partial charge in [0, 0.05) is 19.5 Å². The number of hydrogen-bond acceptors (Lipinski definition) is 5. The predicted octanol–water partition coefficient (Wildman–Crippen LogP) is 2.45. The highest BCUT2D eigenvalue weighted by molar-refractivity contribution is 5.99. The average Bonchev–Trinajstić information content (AvgIpc) is 3.16. The lowest BCUT2D eigenvalue weighted by Gasteiger charge is -2.26. The molecule has 0 spiro atoms. The number of ether oxygens (including phenoxy) is 1. The molecular formula is C22H30N4O4. The normalized spacial score (nSPS) is 14.9. The molecule has 8 nitrogen and oxygen atoms in total. The fourth-order valence-electron chi connectivity index (χ4n) is 3.72. The Morgan fingerprint density at radius 1 is 1.20 bits per heavy atom. The van der Waals surface area contributed by atoms with Gasteiger partial charge in [-0.05, 0) is 24.5 Å². The summed E-state index contributed by atoms with van der Waals surface area (Å²) in [6.07, 6.45) is 3.91. The van der Waals surface area contributed by atoms with Crippen molar-refractivity contribution in [2.24, 2.45) is 0 Å². The van der Waals surface area contributed by atoms with Crippen molar-refractivity contribution in [2.45, 2.75) is 65.0 Å². The Balaban J connectivity index is 1.97. The third-order valence-electron chi connectivity index (χ3n) is 5.39. The zero-order chi connectivity index (χ0) is 21.7. The van der Waals surface area contributed by atoms with Gasteiger partial charge >= 0.3 is 5.69 Å². The van der Waals surface area contributed by atoms with Gasteiger partial charge in [-0.15, -0.1) is 0 Å². The number of rotatable bonds is 9. The number of carbonyl (C=O) groups excluding carboxylic acids is 1. The number of hydrogen-bond donors (Lipinski definition) is 2. The first-order valence-electron chi connectivity index (χ1n) is 10.7. The van der Waals surface area contributed by atoms with E-state index in [1.807, 2.05) is 31.2 Å². The van der Waals surface area contributed by atoms with Gasteiger partial charge in [-0.1, -0.05) is 51.3 Å². The lowest BCUT2D eigenvalue weighted by atomic mass is 10.1. The van der Waals surface area contributed by atoms with Crippen LogP contribution in [0, 0.1) is 0 Å². The quantitative estimate of drug-likeness (QED) is 0.613. The summed E-state index contributed by atoms with van der Waals surface area (Å²) in [4.78, 5) is 42.2. The summed E-state index contributed by atoms with van der Waals surface area (Å²) in [7, 11) is 0. The van der Waals surface area contributed by atoms with Crippen LogP contribution in [0.5, 0.6) is 5.75 Å². The molecule has 162 valence electrons. The van der Waals surface area contributed by atoms with Crippen molar-refractivity contribution in [1.29, 1.82) is 0 Å². The molecule has 2 aromatic rings. The number of carbonyl (C=O) groups is 1. The number of nitrogens with zero attached hydrogens (tertiary/aromatic N) is 2. The van der Waals surface area contributed by atoms with E-state index in [-0.39, 0.29) is 17.4 Å². The molecule has 1 aliphatic heterocycles. The maximum absolute atomic E-state index is 13.4. The van der Waals surface area contributed by atoms with Gasteiger partial charge in [-0.25, -0.2) is 4.79 Å². The minimum Gasteiger partial charge on any atom is -0.480 e. The highest BCUT2D eigenvalue weighted by Crippen LogP contribution is 2.30. The lowest BCUT2D eigenvalue weighted by Crippen LogP contribution is -2.46. The molecule has 1 aliphatic rings. The number of H-pyrrole nitrogens is 1. The molecular weight excluding hydrogens is 384 g/mol. The first kappa shape index (κ1) is 21.7. The first-order chi connectivity index (χ1) is 14.5. The molecule has 1 atom stereocenters.